The van der Waals surface area contributed by atoms with E-state index in [9.17, 15) is 0 Å². The molecular formula is C26H33NO3. The van der Waals surface area contributed by atoms with E-state index >= 15 is 0 Å². The number of methoxy groups -OCH3 is 2. The zero-order valence-electron chi connectivity index (χ0n) is 18.3. The van der Waals surface area contributed by atoms with Crippen molar-refractivity contribution in [2.75, 3.05) is 26.1 Å². The van der Waals surface area contributed by atoms with Gasteiger partial charge in [0, 0.05) is 11.6 Å². The molecule has 0 fully saturated rings. The summed E-state index contributed by atoms with van der Waals surface area (Å²) in [5, 5.41) is 3.79. The number of ether oxygens (including phenoxy) is 3. The van der Waals surface area contributed by atoms with Crippen LogP contribution in [0.2, 0.25) is 0 Å². The first kappa shape index (κ1) is 20.6. The SMILES string of the molecule is CCCCCCOc1ccc2c(c1)C1C=CCC1C(c1ccc(OC)c(OC)c1)N2. The minimum Gasteiger partial charge on any atom is -0.494 e. The van der Waals surface area contributed by atoms with Gasteiger partial charge in [-0.25, -0.2) is 0 Å². The summed E-state index contributed by atoms with van der Waals surface area (Å²) in [5.74, 6) is 3.41. The fourth-order valence-corrected chi connectivity index (χ4v) is 4.76. The van der Waals surface area contributed by atoms with Crippen LogP contribution in [0.25, 0.3) is 0 Å². The van der Waals surface area contributed by atoms with Crippen molar-refractivity contribution in [2.45, 2.75) is 51.0 Å². The van der Waals surface area contributed by atoms with E-state index in [2.05, 4.69) is 54.7 Å². The number of anilines is 1. The molecule has 2 aromatic carbocycles. The Morgan fingerprint density at radius 3 is 2.63 bits per heavy atom. The largest absolute Gasteiger partial charge is 0.494 e. The van der Waals surface area contributed by atoms with Crippen molar-refractivity contribution < 1.29 is 14.2 Å². The van der Waals surface area contributed by atoms with Crippen LogP contribution in [0.5, 0.6) is 17.2 Å². The van der Waals surface area contributed by atoms with E-state index < -0.39 is 0 Å². The molecule has 0 bridgehead atoms. The Labute approximate surface area is 180 Å². The number of allylic oxidation sites excluding steroid dienone is 2. The average Bonchev–Trinajstić information content (AvgIpc) is 3.28. The molecule has 0 saturated carbocycles. The predicted octanol–water partition coefficient (Wildman–Crippen LogP) is 6.49. The lowest BCUT2D eigenvalue weighted by Gasteiger charge is -2.37. The molecule has 0 spiro atoms. The normalized spacial score (nSPS) is 21.5. The van der Waals surface area contributed by atoms with Gasteiger partial charge in [0.1, 0.15) is 5.75 Å². The zero-order chi connectivity index (χ0) is 20.9. The van der Waals surface area contributed by atoms with Gasteiger partial charge in [-0.05, 0) is 60.2 Å². The summed E-state index contributed by atoms with van der Waals surface area (Å²) < 4.78 is 17.0. The van der Waals surface area contributed by atoms with E-state index in [4.69, 9.17) is 14.2 Å². The van der Waals surface area contributed by atoms with E-state index in [1.165, 1.54) is 36.1 Å². The molecule has 1 aliphatic heterocycles. The molecule has 0 aromatic heterocycles. The molecule has 3 unspecified atom stereocenters. The summed E-state index contributed by atoms with van der Waals surface area (Å²) in [7, 11) is 3.36. The maximum absolute atomic E-state index is 6.05. The van der Waals surface area contributed by atoms with E-state index in [0.29, 0.717) is 11.8 Å². The number of hydrogen-bond acceptors (Lipinski definition) is 4. The lowest BCUT2D eigenvalue weighted by atomic mass is 9.77. The summed E-state index contributed by atoms with van der Waals surface area (Å²) in [6.45, 7) is 3.03. The average molecular weight is 408 g/mol. The molecule has 2 aliphatic rings. The molecule has 0 amide bonds. The third kappa shape index (κ3) is 4.14. The van der Waals surface area contributed by atoms with Gasteiger partial charge >= 0.3 is 0 Å². The number of nitrogens with one attached hydrogen (secondary N) is 1. The van der Waals surface area contributed by atoms with Gasteiger partial charge in [0.05, 0.1) is 26.9 Å². The molecule has 160 valence electrons. The standard InChI is InChI=1S/C26H33NO3/c1-4-5-6-7-15-30-19-12-13-23-22(17-19)20-9-8-10-21(20)26(27-23)18-11-14-24(28-2)25(16-18)29-3/h8-9,11-14,16-17,20-21,26-27H,4-7,10,15H2,1-3H3. The van der Waals surface area contributed by atoms with Crippen molar-refractivity contribution in [1.29, 1.82) is 0 Å². The van der Waals surface area contributed by atoms with Crippen LogP contribution in [-0.2, 0) is 0 Å². The first-order valence-electron chi connectivity index (χ1n) is 11.2. The number of rotatable bonds is 9. The molecule has 2 aromatic rings. The molecule has 4 nitrogen and oxygen atoms in total. The lowest BCUT2D eigenvalue weighted by molar-refractivity contribution is 0.304. The smallest absolute Gasteiger partial charge is 0.161 e. The second kappa shape index (κ2) is 9.46. The summed E-state index contributed by atoms with van der Waals surface area (Å²) in [5.41, 5.74) is 3.77. The molecule has 0 radical (unpaired) electrons. The van der Waals surface area contributed by atoms with Crippen LogP contribution < -0.4 is 19.5 Å². The fourth-order valence-electron chi connectivity index (χ4n) is 4.76. The zero-order valence-corrected chi connectivity index (χ0v) is 18.3. The van der Waals surface area contributed by atoms with Crippen molar-refractivity contribution in [1.82, 2.24) is 0 Å². The molecule has 4 rings (SSSR count). The predicted molar refractivity (Wildman–Crippen MR) is 122 cm³/mol. The summed E-state index contributed by atoms with van der Waals surface area (Å²) in [4.78, 5) is 0. The number of hydrogen-bond donors (Lipinski definition) is 1. The first-order valence-corrected chi connectivity index (χ1v) is 11.2. The van der Waals surface area contributed by atoms with Crippen LogP contribution in [0.3, 0.4) is 0 Å². The van der Waals surface area contributed by atoms with Gasteiger partial charge in [-0.15, -0.1) is 0 Å². The van der Waals surface area contributed by atoms with Crippen LogP contribution in [0, 0.1) is 5.92 Å². The lowest BCUT2D eigenvalue weighted by Crippen LogP contribution is -2.29. The van der Waals surface area contributed by atoms with Gasteiger partial charge in [0.15, 0.2) is 11.5 Å². The van der Waals surface area contributed by atoms with Gasteiger partial charge in [0.25, 0.3) is 0 Å². The van der Waals surface area contributed by atoms with Crippen molar-refractivity contribution in [3.8, 4) is 17.2 Å². The van der Waals surface area contributed by atoms with Crippen molar-refractivity contribution in [2.24, 2.45) is 5.92 Å². The second-order valence-corrected chi connectivity index (χ2v) is 8.25. The Hall–Kier alpha value is -2.62. The highest BCUT2D eigenvalue weighted by Crippen LogP contribution is 2.51. The molecular weight excluding hydrogens is 374 g/mol. The molecule has 3 atom stereocenters. The van der Waals surface area contributed by atoms with Gasteiger partial charge in [-0.1, -0.05) is 44.4 Å². The highest BCUT2D eigenvalue weighted by atomic mass is 16.5. The Bertz CT molecular complexity index is 892. The molecule has 4 heteroatoms. The van der Waals surface area contributed by atoms with Gasteiger partial charge < -0.3 is 19.5 Å². The third-order valence-corrected chi connectivity index (χ3v) is 6.37. The van der Waals surface area contributed by atoms with Crippen molar-refractivity contribution >= 4 is 5.69 Å². The summed E-state index contributed by atoms with van der Waals surface area (Å²) >= 11 is 0. The molecule has 1 aliphatic carbocycles. The maximum atomic E-state index is 6.05. The minimum atomic E-state index is 0.234. The van der Waals surface area contributed by atoms with E-state index in [0.717, 1.165) is 36.7 Å². The highest BCUT2D eigenvalue weighted by Gasteiger charge is 2.38. The summed E-state index contributed by atoms with van der Waals surface area (Å²) in [6.07, 6.45) is 10.6. The van der Waals surface area contributed by atoms with Gasteiger partial charge in [-0.2, -0.15) is 0 Å². The molecule has 1 heterocycles. The summed E-state index contributed by atoms with van der Waals surface area (Å²) in [6, 6.07) is 13.0. The number of fused-ring (bicyclic) bond motifs is 3. The number of unbranched alkanes of at least 4 members (excludes halogenated alkanes) is 3. The van der Waals surface area contributed by atoms with Crippen LogP contribution >= 0.6 is 0 Å². The maximum Gasteiger partial charge on any atom is 0.161 e. The van der Waals surface area contributed by atoms with Crippen molar-refractivity contribution in [3.63, 3.8) is 0 Å². The molecule has 30 heavy (non-hydrogen) atoms. The second-order valence-electron chi connectivity index (χ2n) is 8.25. The highest BCUT2D eigenvalue weighted by molar-refractivity contribution is 5.62. The third-order valence-electron chi connectivity index (χ3n) is 6.37. The minimum absolute atomic E-state index is 0.234. The Morgan fingerprint density at radius 1 is 0.967 bits per heavy atom. The topological polar surface area (TPSA) is 39.7 Å². The first-order chi connectivity index (χ1) is 14.7. The molecule has 0 saturated heterocycles. The van der Waals surface area contributed by atoms with E-state index in [1.54, 1.807) is 14.2 Å². The fraction of sp³-hybridized carbons (Fsp3) is 0.462. The van der Waals surface area contributed by atoms with Crippen LogP contribution in [0.4, 0.5) is 5.69 Å². The monoisotopic (exact) mass is 407 g/mol. The Kier molecular flexibility index (Phi) is 6.51. The van der Waals surface area contributed by atoms with Crippen molar-refractivity contribution in [3.05, 3.63) is 59.7 Å². The van der Waals surface area contributed by atoms with E-state index in [-0.39, 0.29) is 6.04 Å². The van der Waals surface area contributed by atoms with Crippen LogP contribution in [0.15, 0.2) is 48.6 Å². The van der Waals surface area contributed by atoms with Crippen LogP contribution in [-0.4, -0.2) is 20.8 Å². The van der Waals surface area contributed by atoms with E-state index in [1.807, 2.05) is 6.07 Å². The quantitative estimate of drug-likeness (QED) is 0.381. The van der Waals surface area contributed by atoms with Gasteiger partial charge in [-0.3, -0.25) is 0 Å². The number of benzene rings is 2. The van der Waals surface area contributed by atoms with Crippen LogP contribution in [0.1, 0.15) is 62.1 Å². The Morgan fingerprint density at radius 2 is 1.83 bits per heavy atom. The Balaban J connectivity index is 1.54. The molecule has 1 N–H and O–H groups in total. The van der Waals surface area contributed by atoms with Gasteiger partial charge in [0.2, 0.25) is 0 Å².